The molecule has 0 N–H and O–H groups in total. The van der Waals surface area contributed by atoms with Crippen LogP contribution in [0.3, 0.4) is 0 Å². The van der Waals surface area contributed by atoms with Crippen molar-refractivity contribution in [3.63, 3.8) is 0 Å². The van der Waals surface area contributed by atoms with Crippen LogP contribution in [-0.2, 0) is 28.6 Å². The predicted octanol–water partition coefficient (Wildman–Crippen LogP) is 21.2. The zero-order valence-electron chi connectivity index (χ0n) is 48.8. The van der Waals surface area contributed by atoms with Gasteiger partial charge in [0.2, 0.25) is 0 Å². The number of carbonyl (C=O) groups is 3. The zero-order chi connectivity index (χ0) is 54.3. The summed E-state index contributed by atoms with van der Waals surface area (Å²) in [5.41, 5.74) is 0. The lowest BCUT2D eigenvalue weighted by Gasteiger charge is -2.18. The first kappa shape index (κ1) is 70.8. The van der Waals surface area contributed by atoms with Gasteiger partial charge in [0, 0.05) is 19.3 Å². The normalized spacial score (nSPS) is 12.9. The molecule has 426 valence electrons. The van der Waals surface area contributed by atoms with E-state index in [0.29, 0.717) is 19.3 Å². The third kappa shape index (κ3) is 60.6. The van der Waals surface area contributed by atoms with Crippen molar-refractivity contribution in [3.05, 3.63) is 122 Å². The molecule has 0 saturated heterocycles. The lowest BCUT2D eigenvalue weighted by atomic mass is 10.1. The fourth-order valence-corrected chi connectivity index (χ4v) is 8.31. The average Bonchev–Trinajstić information content (AvgIpc) is 3.41. The second-order valence-corrected chi connectivity index (χ2v) is 20.2. The van der Waals surface area contributed by atoms with Crippen LogP contribution in [0.25, 0.3) is 0 Å². The summed E-state index contributed by atoms with van der Waals surface area (Å²) >= 11 is 0. The molecule has 0 aromatic heterocycles. The van der Waals surface area contributed by atoms with Gasteiger partial charge in [0.1, 0.15) is 13.2 Å². The van der Waals surface area contributed by atoms with Crippen LogP contribution >= 0.6 is 0 Å². The Labute approximate surface area is 462 Å². The van der Waals surface area contributed by atoms with Crippen LogP contribution in [0.1, 0.15) is 278 Å². The van der Waals surface area contributed by atoms with Crippen molar-refractivity contribution >= 4 is 17.9 Å². The molecule has 0 heterocycles. The number of rotatable bonds is 55. The maximum atomic E-state index is 12.8. The van der Waals surface area contributed by atoms with Crippen molar-refractivity contribution in [2.45, 2.75) is 284 Å². The molecule has 0 aliphatic carbocycles. The number of hydrogen-bond acceptors (Lipinski definition) is 6. The molecule has 0 radical (unpaired) electrons. The molecule has 0 bridgehead atoms. The first-order valence-corrected chi connectivity index (χ1v) is 31.0. The monoisotopic (exact) mass is 1040 g/mol. The molecule has 1 atom stereocenters. The second-order valence-electron chi connectivity index (χ2n) is 20.2. The van der Waals surface area contributed by atoms with Crippen molar-refractivity contribution in [2.24, 2.45) is 0 Å². The van der Waals surface area contributed by atoms with E-state index >= 15 is 0 Å². The Bertz CT molecular complexity index is 1570. The van der Waals surface area contributed by atoms with Gasteiger partial charge >= 0.3 is 17.9 Å². The molecular formula is C69H114O6. The fourth-order valence-electron chi connectivity index (χ4n) is 8.31. The number of carbonyl (C=O) groups excluding carboxylic acids is 3. The number of unbranched alkanes of at least 4 members (excludes halogenated alkanes) is 24. The minimum absolute atomic E-state index is 0.0866. The molecule has 1 unspecified atom stereocenters. The molecule has 0 saturated carbocycles. The van der Waals surface area contributed by atoms with E-state index in [4.69, 9.17) is 14.2 Å². The smallest absolute Gasteiger partial charge is 0.306 e. The first-order chi connectivity index (χ1) is 37.0. The van der Waals surface area contributed by atoms with Gasteiger partial charge < -0.3 is 14.2 Å². The van der Waals surface area contributed by atoms with Crippen molar-refractivity contribution in [1.82, 2.24) is 0 Å². The standard InChI is InChI=1S/C69H114O6/c1-4-7-10-13-15-17-19-21-23-25-27-29-30-31-32-33-34-35-36-37-38-40-41-43-45-47-49-51-53-56-59-62-68(71)74-65-66(64-73-67(70)61-58-55-12-9-6-3)75-69(72)63-60-57-54-52-50-48-46-44-42-39-28-26-24-22-20-18-16-14-11-8-5-2/h7,10,15,17,20-23,26-29,31-32,34-35,37-38,41,43,66H,4-6,8-9,11-14,16,18-19,24-25,30,33,36,39-40,42,44-65H2,1-3H3/b10-7-,17-15-,22-20-,23-21-,28-26-,29-27-,32-31-,35-34-,38-37-,43-41-. The summed E-state index contributed by atoms with van der Waals surface area (Å²) in [7, 11) is 0. The van der Waals surface area contributed by atoms with Crippen LogP contribution in [0.4, 0.5) is 0 Å². The van der Waals surface area contributed by atoms with E-state index in [9.17, 15) is 14.4 Å². The Balaban J connectivity index is 4.13. The van der Waals surface area contributed by atoms with Gasteiger partial charge in [-0.1, -0.05) is 264 Å². The average molecular weight is 1040 g/mol. The van der Waals surface area contributed by atoms with Crippen molar-refractivity contribution in [3.8, 4) is 0 Å². The summed E-state index contributed by atoms with van der Waals surface area (Å²) in [6, 6.07) is 0. The topological polar surface area (TPSA) is 78.9 Å². The maximum Gasteiger partial charge on any atom is 0.306 e. The Hall–Kier alpha value is -4.19. The lowest BCUT2D eigenvalue weighted by Crippen LogP contribution is -2.30. The van der Waals surface area contributed by atoms with Crippen LogP contribution in [-0.4, -0.2) is 37.2 Å². The molecule has 0 aromatic carbocycles. The van der Waals surface area contributed by atoms with Gasteiger partial charge in [-0.3, -0.25) is 14.4 Å². The summed E-state index contributed by atoms with van der Waals surface area (Å²) < 4.78 is 16.7. The van der Waals surface area contributed by atoms with Gasteiger partial charge in [0.15, 0.2) is 6.10 Å². The third-order valence-corrected chi connectivity index (χ3v) is 13.0. The minimum atomic E-state index is -0.786. The van der Waals surface area contributed by atoms with E-state index in [-0.39, 0.29) is 31.1 Å². The van der Waals surface area contributed by atoms with Gasteiger partial charge in [0.05, 0.1) is 0 Å². The van der Waals surface area contributed by atoms with Crippen LogP contribution in [0.15, 0.2) is 122 Å². The largest absolute Gasteiger partial charge is 0.462 e. The highest BCUT2D eigenvalue weighted by Gasteiger charge is 2.19. The van der Waals surface area contributed by atoms with Crippen molar-refractivity contribution in [2.75, 3.05) is 13.2 Å². The fraction of sp³-hybridized carbons (Fsp3) is 0.667. The van der Waals surface area contributed by atoms with E-state index in [2.05, 4.69) is 142 Å². The van der Waals surface area contributed by atoms with Crippen LogP contribution < -0.4 is 0 Å². The zero-order valence-corrected chi connectivity index (χ0v) is 48.8. The molecule has 6 heteroatoms. The SMILES string of the molecule is CC/C=C\C/C=C\C/C=C\C/C=C\C/C=C\C/C=C\C/C=C\C/C=C\CCCCCCCCC(=O)OCC(COC(=O)CCCCCCC)OC(=O)CCCCCCCCCCC/C=C\C/C=C\CCCCCCC. The minimum Gasteiger partial charge on any atom is -0.462 e. The Morgan fingerprint density at radius 1 is 0.280 bits per heavy atom. The van der Waals surface area contributed by atoms with E-state index in [1.54, 1.807) is 0 Å². The molecule has 0 fully saturated rings. The lowest BCUT2D eigenvalue weighted by molar-refractivity contribution is -0.167. The van der Waals surface area contributed by atoms with Gasteiger partial charge in [-0.25, -0.2) is 0 Å². The van der Waals surface area contributed by atoms with Gasteiger partial charge in [-0.2, -0.15) is 0 Å². The molecule has 0 amide bonds. The summed E-state index contributed by atoms with van der Waals surface area (Å²) in [5, 5.41) is 0. The number of hydrogen-bond donors (Lipinski definition) is 0. The Kier molecular flexibility index (Phi) is 58.9. The number of allylic oxidation sites excluding steroid dienone is 20. The molecule has 0 aromatic rings. The highest BCUT2D eigenvalue weighted by atomic mass is 16.6. The van der Waals surface area contributed by atoms with Gasteiger partial charge in [-0.05, 0) is 116 Å². The van der Waals surface area contributed by atoms with E-state index < -0.39 is 6.10 Å². The van der Waals surface area contributed by atoms with E-state index in [0.717, 1.165) is 135 Å². The number of ether oxygens (including phenoxy) is 3. The van der Waals surface area contributed by atoms with Crippen LogP contribution in [0, 0.1) is 0 Å². The quantitative estimate of drug-likeness (QED) is 0.0261. The molecule has 0 spiro atoms. The molecule has 6 nitrogen and oxygen atoms in total. The summed E-state index contributed by atoms with van der Waals surface area (Å²) in [4.78, 5) is 37.9. The first-order valence-electron chi connectivity index (χ1n) is 31.0. The van der Waals surface area contributed by atoms with E-state index in [1.807, 2.05) is 0 Å². The Morgan fingerprint density at radius 2 is 0.520 bits per heavy atom. The summed E-state index contributed by atoms with van der Waals surface area (Å²) in [5.74, 6) is -0.919. The number of esters is 3. The maximum absolute atomic E-state index is 12.8. The van der Waals surface area contributed by atoms with Gasteiger partial charge in [-0.15, -0.1) is 0 Å². The molecule has 0 aliphatic heterocycles. The predicted molar refractivity (Wildman–Crippen MR) is 325 cm³/mol. The summed E-state index contributed by atoms with van der Waals surface area (Å²) in [6.07, 6.45) is 86.7. The molecular weight excluding hydrogens is 925 g/mol. The van der Waals surface area contributed by atoms with Crippen LogP contribution in [0.2, 0.25) is 0 Å². The van der Waals surface area contributed by atoms with Gasteiger partial charge in [0.25, 0.3) is 0 Å². The Morgan fingerprint density at radius 3 is 0.813 bits per heavy atom. The summed E-state index contributed by atoms with van der Waals surface area (Å²) in [6.45, 7) is 6.42. The van der Waals surface area contributed by atoms with Crippen LogP contribution in [0.5, 0.6) is 0 Å². The third-order valence-electron chi connectivity index (χ3n) is 13.0. The van der Waals surface area contributed by atoms with E-state index in [1.165, 1.54) is 103 Å². The molecule has 75 heavy (non-hydrogen) atoms. The molecule has 0 rings (SSSR count). The molecule has 0 aliphatic rings. The highest BCUT2D eigenvalue weighted by molar-refractivity contribution is 5.71. The van der Waals surface area contributed by atoms with Crippen molar-refractivity contribution in [1.29, 1.82) is 0 Å². The highest BCUT2D eigenvalue weighted by Crippen LogP contribution is 2.15. The second kappa shape index (κ2) is 62.4. The van der Waals surface area contributed by atoms with Crippen molar-refractivity contribution < 1.29 is 28.6 Å².